The molecule has 0 aromatic heterocycles. The van der Waals surface area contributed by atoms with Gasteiger partial charge in [-0.2, -0.15) is 0 Å². The van der Waals surface area contributed by atoms with Crippen LogP contribution in [0.25, 0.3) is 0 Å². The largest absolute Gasteiger partial charge is 0.369 e. The molecule has 0 saturated carbocycles. The van der Waals surface area contributed by atoms with Gasteiger partial charge in [0.15, 0.2) is 9.84 Å². The first-order valence-electron chi connectivity index (χ1n) is 4.47. The maximum absolute atomic E-state index is 11.7. The van der Waals surface area contributed by atoms with Gasteiger partial charge in [-0.15, -0.1) is 0 Å². The quantitative estimate of drug-likeness (QED) is 0.212. The minimum Gasteiger partial charge on any atom is -0.369 e. The second kappa shape index (κ2) is 4.52. The van der Waals surface area contributed by atoms with E-state index in [0.717, 1.165) is 6.26 Å². The summed E-state index contributed by atoms with van der Waals surface area (Å²) in [5.41, 5.74) is 5.09. The van der Waals surface area contributed by atoms with Gasteiger partial charge in [0, 0.05) is 11.8 Å². The van der Waals surface area contributed by atoms with Gasteiger partial charge in [-0.25, -0.2) is 19.3 Å². The minimum absolute atomic E-state index is 0.000280. The summed E-state index contributed by atoms with van der Waals surface area (Å²) >= 11 is 0. The first-order chi connectivity index (χ1) is 7.73. The van der Waals surface area contributed by atoms with Crippen LogP contribution in [0.4, 0.5) is 0 Å². The molecule has 17 heavy (non-hydrogen) atoms. The fourth-order valence-electron chi connectivity index (χ4n) is 1.11. The van der Waals surface area contributed by atoms with E-state index in [2.05, 4.69) is 0 Å². The highest BCUT2D eigenvalue weighted by atomic mass is 32.2. The molecule has 0 bridgehead atoms. The number of hydrogen-bond acceptors (Lipinski definition) is 5. The number of guanidine groups is 1. The summed E-state index contributed by atoms with van der Waals surface area (Å²) in [5.74, 6) is 3.86. The smallest absolute Gasteiger partial charge is 0.274 e. The van der Waals surface area contributed by atoms with Crippen molar-refractivity contribution < 1.29 is 13.2 Å². The van der Waals surface area contributed by atoms with Crippen molar-refractivity contribution in [1.29, 1.82) is 5.41 Å². The van der Waals surface area contributed by atoms with E-state index < -0.39 is 21.7 Å². The maximum Gasteiger partial charge on any atom is 0.274 e. The Morgan fingerprint density at radius 2 is 2.00 bits per heavy atom. The Labute approximate surface area is 98.4 Å². The third kappa shape index (κ3) is 3.02. The number of nitrogens with two attached hydrogens (primary N) is 2. The average Bonchev–Trinajstić information content (AvgIpc) is 2.26. The van der Waals surface area contributed by atoms with E-state index in [1.807, 2.05) is 0 Å². The van der Waals surface area contributed by atoms with E-state index in [0.29, 0.717) is 5.01 Å². The fraction of sp³-hybridized carbons (Fsp3) is 0.111. The number of carbonyl (C=O) groups is 1. The molecule has 0 unspecified atom stereocenters. The second-order valence-corrected chi connectivity index (χ2v) is 5.38. The van der Waals surface area contributed by atoms with Crippen LogP contribution >= 0.6 is 0 Å². The normalized spacial score (nSPS) is 10.9. The van der Waals surface area contributed by atoms with Gasteiger partial charge in [0.25, 0.3) is 5.91 Å². The summed E-state index contributed by atoms with van der Waals surface area (Å²) in [6.45, 7) is 0. The number of sulfone groups is 1. The van der Waals surface area contributed by atoms with Crippen molar-refractivity contribution in [1.82, 2.24) is 5.01 Å². The van der Waals surface area contributed by atoms with Crippen molar-refractivity contribution in [3.63, 3.8) is 0 Å². The average molecular weight is 256 g/mol. The van der Waals surface area contributed by atoms with E-state index in [9.17, 15) is 13.2 Å². The zero-order chi connectivity index (χ0) is 13.2. The molecule has 0 spiro atoms. The first-order valence-corrected chi connectivity index (χ1v) is 6.36. The Morgan fingerprint density at radius 1 is 1.41 bits per heavy atom. The molecular weight excluding hydrogens is 244 g/mol. The van der Waals surface area contributed by atoms with Crippen LogP contribution in [0.15, 0.2) is 29.2 Å². The highest BCUT2D eigenvalue weighted by Crippen LogP contribution is 2.12. The monoisotopic (exact) mass is 256 g/mol. The molecule has 1 rings (SSSR count). The van der Waals surface area contributed by atoms with Gasteiger partial charge < -0.3 is 5.73 Å². The number of amides is 1. The molecule has 0 aliphatic carbocycles. The molecule has 1 amide bonds. The molecule has 0 radical (unpaired) electrons. The lowest BCUT2D eigenvalue weighted by molar-refractivity contribution is 0.0844. The second-order valence-electron chi connectivity index (χ2n) is 3.36. The van der Waals surface area contributed by atoms with Crippen molar-refractivity contribution in [2.75, 3.05) is 6.26 Å². The summed E-state index contributed by atoms with van der Waals surface area (Å²) < 4.78 is 22.6. The van der Waals surface area contributed by atoms with E-state index in [1.54, 1.807) is 0 Å². The first kappa shape index (κ1) is 13.1. The molecule has 0 aliphatic rings. The number of hydrogen-bond donors (Lipinski definition) is 3. The van der Waals surface area contributed by atoms with Crippen molar-refractivity contribution in [3.05, 3.63) is 29.8 Å². The lowest BCUT2D eigenvalue weighted by atomic mass is 10.2. The van der Waals surface area contributed by atoms with Crippen LogP contribution in [0.1, 0.15) is 10.4 Å². The van der Waals surface area contributed by atoms with Crippen LogP contribution in [0, 0.1) is 5.41 Å². The molecule has 0 heterocycles. The van der Waals surface area contributed by atoms with Crippen LogP contribution in [0.5, 0.6) is 0 Å². The molecule has 5 N–H and O–H groups in total. The predicted molar refractivity (Wildman–Crippen MR) is 61.8 cm³/mol. The minimum atomic E-state index is -3.40. The summed E-state index contributed by atoms with van der Waals surface area (Å²) in [5, 5.41) is 7.43. The van der Waals surface area contributed by atoms with Crippen molar-refractivity contribution in [3.8, 4) is 0 Å². The van der Waals surface area contributed by atoms with Crippen LogP contribution in [-0.4, -0.2) is 31.5 Å². The summed E-state index contributed by atoms with van der Waals surface area (Å²) in [6.07, 6.45) is 1.03. The highest BCUT2D eigenvalue weighted by Gasteiger charge is 2.16. The third-order valence-electron chi connectivity index (χ3n) is 1.99. The standard InChI is InChI=1S/C9H12N4O3S/c1-17(15,16)7-4-2-3-6(5-7)8(14)13(12)9(10)11/h2-5H,12H2,1H3,(H3,10,11). The SMILES string of the molecule is CS(=O)(=O)c1cccc(C(=O)N(N)C(=N)N)c1. The topological polar surface area (TPSA) is 130 Å². The van der Waals surface area contributed by atoms with Gasteiger partial charge >= 0.3 is 0 Å². The fourth-order valence-corrected chi connectivity index (χ4v) is 1.78. The molecule has 1 aromatic carbocycles. The van der Waals surface area contributed by atoms with Crippen LogP contribution in [-0.2, 0) is 9.84 Å². The summed E-state index contributed by atoms with van der Waals surface area (Å²) in [7, 11) is -3.40. The van der Waals surface area contributed by atoms with Gasteiger partial charge in [0.1, 0.15) is 0 Å². The predicted octanol–water partition coefficient (Wildman–Crippen LogP) is -0.701. The summed E-state index contributed by atoms with van der Waals surface area (Å²) in [6, 6.07) is 5.35. The number of nitrogens with one attached hydrogen (secondary N) is 1. The molecule has 92 valence electrons. The molecule has 1 aromatic rings. The van der Waals surface area contributed by atoms with E-state index in [1.165, 1.54) is 24.3 Å². The Morgan fingerprint density at radius 3 is 2.47 bits per heavy atom. The molecule has 8 heteroatoms. The Balaban J connectivity index is 3.17. The summed E-state index contributed by atoms with van der Waals surface area (Å²) in [4.78, 5) is 11.7. The van der Waals surface area contributed by atoms with Crippen molar-refractivity contribution in [2.24, 2.45) is 11.6 Å². The molecule has 0 fully saturated rings. The Hall–Kier alpha value is -1.93. The number of nitrogens with zero attached hydrogens (tertiary/aromatic N) is 1. The van der Waals surface area contributed by atoms with E-state index in [-0.39, 0.29) is 10.5 Å². The number of hydrazine groups is 1. The van der Waals surface area contributed by atoms with E-state index in [4.69, 9.17) is 17.0 Å². The third-order valence-corrected chi connectivity index (χ3v) is 3.10. The van der Waals surface area contributed by atoms with Gasteiger partial charge in [0.05, 0.1) is 4.90 Å². The Bertz CT molecular complexity index is 567. The lowest BCUT2D eigenvalue weighted by Crippen LogP contribution is -2.46. The molecular formula is C9H12N4O3S. The lowest BCUT2D eigenvalue weighted by Gasteiger charge is -2.14. The van der Waals surface area contributed by atoms with Crippen LogP contribution in [0.3, 0.4) is 0 Å². The number of benzene rings is 1. The molecule has 0 atom stereocenters. The molecule has 0 saturated heterocycles. The highest BCUT2D eigenvalue weighted by molar-refractivity contribution is 7.90. The van der Waals surface area contributed by atoms with Gasteiger partial charge in [-0.05, 0) is 18.2 Å². The Kier molecular flexibility index (Phi) is 3.49. The van der Waals surface area contributed by atoms with Gasteiger partial charge in [0.2, 0.25) is 5.96 Å². The molecule has 0 aliphatic heterocycles. The van der Waals surface area contributed by atoms with E-state index >= 15 is 0 Å². The number of carbonyl (C=O) groups excluding carboxylic acids is 1. The van der Waals surface area contributed by atoms with Crippen LogP contribution < -0.4 is 11.6 Å². The molecule has 7 nitrogen and oxygen atoms in total. The van der Waals surface area contributed by atoms with Crippen LogP contribution in [0.2, 0.25) is 0 Å². The van der Waals surface area contributed by atoms with Gasteiger partial charge in [-0.1, -0.05) is 6.07 Å². The maximum atomic E-state index is 11.7. The van der Waals surface area contributed by atoms with Gasteiger partial charge in [-0.3, -0.25) is 10.2 Å². The van der Waals surface area contributed by atoms with Crippen molar-refractivity contribution >= 4 is 21.7 Å². The zero-order valence-electron chi connectivity index (χ0n) is 9.04. The zero-order valence-corrected chi connectivity index (χ0v) is 9.86. The number of rotatable bonds is 2. The van der Waals surface area contributed by atoms with Crippen molar-refractivity contribution in [2.45, 2.75) is 4.90 Å².